The summed E-state index contributed by atoms with van der Waals surface area (Å²) in [6, 6.07) is 69.2. The number of nitrogens with zero attached hydrogens (tertiary/aromatic N) is 9. The fraction of sp³-hybridized carbons (Fsp3) is 0.107. The molecule has 0 unspecified atom stereocenters. The van der Waals surface area contributed by atoms with Crippen molar-refractivity contribution in [1.82, 2.24) is 15.0 Å². The van der Waals surface area contributed by atoms with Crippen LogP contribution < -0.4 is 4.74 Å². The molecule has 0 aliphatic carbocycles. The number of thioether (sulfide) groups is 3. The summed E-state index contributed by atoms with van der Waals surface area (Å²) < 4.78 is 19.3. The van der Waals surface area contributed by atoms with Gasteiger partial charge in [-0.15, -0.1) is 50.6 Å². The molecule has 0 bridgehead atoms. The smallest absolute Gasteiger partial charge is 0.142 e. The highest BCUT2D eigenvalue weighted by Crippen LogP contribution is 2.37. The van der Waals surface area contributed by atoms with Gasteiger partial charge in [0.25, 0.3) is 0 Å². The van der Waals surface area contributed by atoms with Crippen LogP contribution >= 0.6 is 35.3 Å². The number of ether oxygens (including phenoxy) is 1. The van der Waals surface area contributed by atoms with E-state index in [1.165, 1.54) is 80.0 Å². The van der Waals surface area contributed by atoms with Gasteiger partial charge < -0.3 is 20.1 Å². The fourth-order valence-electron chi connectivity index (χ4n) is 11.8. The van der Waals surface area contributed by atoms with Crippen molar-refractivity contribution >= 4 is 99.9 Å². The second-order valence-corrected chi connectivity index (χ2v) is 27.6. The molecule has 0 atom stereocenters. The molecule has 0 radical (unpaired) electrons. The van der Waals surface area contributed by atoms with Gasteiger partial charge in [-0.2, -0.15) is 15.3 Å². The highest BCUT2D eigenvalue weighted by molar-refractivity contribution is 8.14. The summed E-state index contributed by atoms with van der Waals surface area (Å²) in [5.41, 5.74) is 20.1. The fourth-order valence-corrected chi connectivity index (χ4v) is 13.8. The number of aliphatic hydroxyl groups is 3. The molecule has 15 rings (SSSR count). The molecule has 0 amide bonds. The molecule has 13 nitrogen and oxygen atoms in total. The summed E-state index contributed by atoms with van der Waals surface area (Å²) in [6.45, 7) is 14.7. The summed E-state index contributed by atoms with van der Waals surface area (Å²) >= 11 is 4.35. The largest absolute Gasteiger partial charge is 0.512 e. The standard InChI is InChI=1S/C29H25N3OS.C28H23N3O2S.C27H20FN3OS/c1-18-10-27(16-30-20(18)3)25-12-24(23-9-8-21-6-4-5-7-22(21)11-23)13-26(14-25)28-15-29(32-31-28)34-17-19(2)33;1-18(32)17-34-28-14-27(30-31-28)24-11-22(21-8-7-19-5-3-4-6-20(19)9-21)10-23(12-24)25-13-26(33-2)16-29-15-25;1-17(32)16-33-27-13-26(30-31-27)23-10-21(9-22(11-23)24-12-25(28)15-29-14-24)20-7-6-18-4-2-3-5-19(18)8-20/h4-14,16,33H,2,15,17H2,1,3H3;3-13,15-16,32H,1,14,17H2,2H3;2-12,14-15,32H,1,13,16H2. The minimum absolute atomic E-state index is 0.107. The number of benzene rings is 9. The molecule has 6 heterocycles. The first-order valence-corrected chi connectivity index (χ1v) is 35.4. The van der Waals surface area contributed by atoms with Gasteiger partial charge in [0.05, 0.1) is 71.2 Å². The van der Waals surface area contributed by atoms with Crippen molar-refractivity contribution in [2.45, 2.75) is 33.1 Å². The number of aromatic nitrogens is 3. The number of halogens is 1. The Morgan fingerprint density at radius 3 is 1.06 bits per heavy atom. The summed E-state index contributed by atoms with van der Waals surface area (Å²) in [5, 5.41) is 64.2. The van der Waals surface area contributed by atoms with Gasteiger partial charge in [0.15, 0.2) is 0 Å². The third-order valence-corrected chi connectivity index (χ3v) is 20.2. The Morgan fingerprint density at radius 2 is 0.703 bits per heavy atom. The van der Waals surface area contributed by atoms with Crippen molar-refractivity contribution in [3.05, 3.63) is 302 Å². The summed E-state index contributed by atoms with van der Waals surface area (Å²) in [6.07, 6.45) is 10.2. The van der Waals surface area contributed by atoms with Gasteiger partial charge in [-0.25, -0.2) is 4.39 Å². The van der Waals surface area contributed by atoms with E-state index in [2.05, 4.69) is 236 Å². The zero-order chi connectivity index (χ0) is 69.9. The van der Waals surface area contributed by atoms with E-state index in [0.29, 0.717) is 47.8 Å². The zero-order valence-electron chi connectivity index (χ0n) is 55.7. The number of hydrogen-bond donors (Lipinski definition) is 3. The lowest BCUT2D eigenvalue weighted by Crippen LogP contribution is -2.03. The number of rotatable bonds is 16. The third-order valence-electron chi connectivity index (χ3n) is 17.1. The topological polar surface area (TPSA) is 183 Å². The van der Waals surface area contributed by atoms with Gasteiger partial charge in [0.2, 0.25) is 0 Å². The highest BCUT2D eigenvalue weighted by Gasteiger charge is 2.22. The Morgan fingerprint density at radius 1 is 0.366 bits per heavy atom. The van der Waals surface area contributed by atoms with Crippen molar-refractivity contribution in [2.24, 2.45) is 30.6 Å². The Balaban J connectivity index is 0.000000135. The summed E-state index contributed by atoms with van der Waals surface area (Å²) in [4.78, 5) is 13.0. The van der Waals surface area contributed by atoms with Gasteiger partial charge in [0.1, 0.15) is 26.7 Å². The zero-order valence-corrected chi connectivity index (χ0v) is 58.1. The molecule has 3 aromatic heterocycles. The van der Waals surface area contributed by atoms with E-state index in [1.807, 2.05) is 49.6 Å². The second kappa shape index (κ2) is 31.2. The lowest BCUT2D eigenvalue weighted by atomic mass is 9.93. The maximum Gasteiger partial charge on any atom is 0.142 e. The van der Waals surface area contributed by atoms with Crippen LogP contribution in [0.3, 0.4) is 0 Å². The summed E-state index contributed by atoms with van der Waals surface area (Å²) in [5.74, 6) is 1.94. The van der Waals surface area contributed by atoms with Crippen LogP contribution in [0.5, 0.6) is 5.75 Å². The molecule has 498 valence electrons. The number of aryl methyl sites for hydroxylation is 2. The van der Waals surface area contributed by atoms with Gasteiger partial charge in [-0.3, -0.25) is 15.0 Å². The maximum absolute atomic E-state index is 13.9. The SMILES string of the molecule is C=C(O)CSC1=NN=C(c2cc(-c3cnc(C)c(C)c3)cc(-c3ccc4ccccc4c3)c2)C1.C=C(O)CSC1=NN=C(c2cc(-c3cncc(F)c3)cc(-c3ccc4ccccc4c3)c2)C1.C=C(O)CSC1=NN=C(c2cc(-c3cncc(OC)c3)cc(-c3ccc4ccccc4c3)c2)C1. The van der Waals surface area contributed by atoms with Gasteiger partial charge >= 0.3 is 0 Å². The molecule has 9 aromatic carbocycles. The summed E-state index contributed by atoms with van der Waals surface area (Å²) in [7, 11) is 1.64. The van der Waals surface area contributed by atoms with E-state index < -0.39 is 0 Å². The predicted molar refractivity (Wildman–Crippen MR) is 422 cm³/mol. The molecule has 0 fully saturated rings. The van der Waals surface area contributed by atoms with Crippen LogP contribution in [0.1, 0.15) is 47.2 Å². The third kappa shape index (κ3) is 17.0. The molecular formula is C84H68FN9O4S3. The van der Waals surface area contributed by atoms with Gasteiger partial charge in [-0.05, 0) is 209 Å². The predicted octanol–water partition coefficient (Wildman–Crippen LogP) is 21.4. The average Bonchev–Trinajstić information content (AvgIpc) is 1.14. The minimum Gasteiger partial charge on any atom is -0.512 e. The maximum atomic E-state index is 13.9. The monoisotopic (exact) mass is 1380 g/mol. The first-order valence-electron chi connectivity index (χ1n) is 32.5. The van der Waals surface area contributed by atoms with Crippen molar-refractivity contribution in [2.75, 3.05) is 24.4 Å². The number of fused-ring (bicyclic) bond motifs is 3. The lowest BCUT2D eigenvalue weighted by molar-refractivity contribution is 0.413. The highest BCUT2D eigenvalue weighted by atomic mass is 32.2. The molecule has 0 spiro atoms. The van der Waals surface area contributed by atoms with Gasteiger partial charge in [-0.1, -0.05) is 129 Å². The van der Waals surface area contributed by atoms with Crippen molar-refractivity contribution in [1.29, 1.82) is 0 Å². The molecule has 12 aromatic rings. The first-order chi connectivity index (χ1) is 49.1. The Bertz CT molecular complexity index is 5450. The Hall–Kier alpha value is -11.4. The van der Waals surface area contributed by atoms with E-state index in [0.717, 1.165) is 121 Å². The normalized spacial score (nSPS) is 13.1. The average molecular weight is 1380 g/mol. The molecule has 3 aliphatic rings. The molecule has 3 aliphatic heterocycles. The number of aliphatic hydroxyl groups excluding tert-OH is 3. The van der Waals surface area contributed by atoms with Crippen LogP contribution in [0.4, 0.5) is 4.39 Å². The molecule has 101 heavy (non-hydrogen) atoms. The molecule has 17 heteroatoms. The van der Waals surface area contributed by atoms with Crippen LogP contribution in [-0.4, -0.2) is 86.9 Å². The Labute approximate surface area is 597 Å². The van der Waals surface area contributed by atoms with Crippen molar-refractivity contribution in [3.8, 4) is 72.5 Å². The first kappa shape index (κ1) is 68.2. The van der Waals surface area contributed by atoms with Crippen LogP contribution in [0.15, 0.2) is 299 Å². The van der Waals surface area contributed by atoms with E-state index in [-0.39, 0.29) is 23.1 Å². The van der Waals surface area contributed by atoms with Crippen LogP contribution in [0.2, 0.25) is 0 Å². The lowest BCUT2D eigenvalue weighted by Gasteiger charge is -2.12. The minimum atomic E-state index is -0.380. The van der Waals surface area contributed by atoms with Gasteiger partial charge in [0, 0.05) is 60.2 Å². The number of hydrogen-bond acceptors (Lipinski definition) is 16. The van der Waals surface area contributed by atoms with E-state index in [1.54, 1.807) is 19.5 Å². The molecular weight excluding hydrogens is 1310 g/mol. The number of methoxy groups -OCH3 is 1. The second-order valence-electron chi connectivity index (χ2n) is 24.4. The number of pyridine rings is 3. The molecule has 0 saturated carbocycles. The quantitative estimate of drug-likeness (QED) is 0.0787. The van der Waals surface area contributed by atoms with Crippen LogP contribution in [-0.2, 0) is 0 Å². The van der Waals surface area contributed by atoms with Crippen molar-refractivity contribution < 1.29 is 24.4 Å². The Kier molecular flexibility index (Phi) is 21.1. The van der Waals surface area contributed by atoms with E-state index in [9.17, 15) is 19.7 Å². The molecule has 0 saturated heterocycles. The molecule has 3 N–H and O–H groups in total. The van der Waals surface area contributed by atoms with E-state index >= 15 is 0 Å². The van der Waals surface area contributed by atoms with Crippen molar-refractivity contribution in [3.63, 3.8) is 0 Å². The van der Waals surface area contributed by atoms with Crippen LogP contribution in [0.25, 0.3) is 99.1 Å². The van der Waals surface area contributed by atoms with E-state index in [4.69, 9.17) is 4.74 Å². The van der Waals surface area contributed by atoms with Crippen LogP contribution in [0, 0.1) is 19.7 Å².